The van der Waals surface area contributed by atoms with Crippen LogP contribution in [0.3, 0.4) is 0 Å². The molecule has 1 amide bonds. The highest BCUT2D eigenvalue weighted by molar-refractivity contribution is 7.09. The van der Waals surface area contributed by atoms with Crippen LogP contribution in [0.25, 0.3) is 0 Å². The standard InChI is InChI=1S/C12H22N4O2S.2ClH/c1-16(6-7-18-2)5-3-4-14-12(17)10-9-19-11(8-13)15-10;;/h9H,3-8,13H2,1-2H3,(H,14,17);2*1H. The summed E-state index contributed by atoms with van der Waals surface area (Å²) in [5.74, 6) is -0.129. The second kappa shape index (κ2) is 13.2. The minimum absolute atomic E-state index is 0. The lowest BCUT2D eigenvalue weighted by Crippen LogP contribution is -2.29. The smallest absolute Gasteiger partial charge is 0.270 e. The summed E-state index contributed by atoms with van der Waals surface area (Å²) >= 11 is 1.41. The molecule has 0 bridgehead atoms. The highest BCUT2D eigenvalue weighted by Crippen LogP contribution is 2.08. The van der Waals surface area contributed by atoms with Gasteiger partial charge in [-0.1, -0.05) is 0 Å². The molecule has 1 aromatic heterocycles. The number of nitrogens with two attached hydrogens (primary N) is 1. The Morgan fingerprint density at radius 1 is 1.48 bits per heavy atom. The maximum absolute atomic E-state index is 11.7. The molecule has 0 fully saturated rings. The lowest BCUT2D eigenvalue weighted by molar-refractivity contribution is 0.0946. The van der Waals surface area contributed by atoms with E-state index in [1.807, 2.05) is 7.05 Å². The van der Waals surface area contributed by atoms with Crippen LogP contribution < -0.4 is 11.1 Å². The van der Waals surface area contributed by atoms with Gasteiger partial charge in [0.1, 0.15) is 10.7 Å². The summed E-state index contributed by atoms with van der Waals surface area (Å²) in [4.78, 5) is 18.1. The van der Waals surface area contributed by atoms with E-state index in [4.69, 9.17) is 10.5 Å². The maximum atomic E-state index is 11.7. The van der Waals surface area contributed by atoms with Crippen molar-refractivity contribution in [2.75, 3.05) is 40.4 Å². The lowest BCUT2D eigenvalue weighted by atomic mass is 10.3. The Balaban J connectivity index is 0. The van der Waals surface area contributed by atoms with Gasteiger partial charge in [0.2, 0.25) is 0 Å². The molecule has 6 nitrogen and oxygen atoms in total. The van der Waals surface area contributed by atoms with Gasteiger partial charge in [-0.3, -0.25) is 4.79 Å². The van der Waals surface area contributed by atoms with Gasteiger partial charge < -0.3 is 20.7 Å². The van der Waals surface area contributed by atoms with E-state index in [0.29, 0.717) is 18.8 Å². The maximum Gasteiger partial charge on any atom is 0.270 e. The average molecular weight is 359 g/mol. The predicted octanol–water partition coefficient (Wildman–Crippen LogP) is 1.14. The number of hydrogen-bond acceptors (Lipinski definition) is 6. The molecular weight excluding hydrogens is 335 g/mol. The minimum Gasteiger partial charge on any atom is -0.383 e. The van der Waals surface area contributed by atoms with Crippen LogP contribution >= 0.6 is 36.2 Å². The van der Waals surface area contributed by atoms with Crippen molar-refractivity contribution < 1.29 is 9.53 Å². The van der Waals surface area contributed by atoms with Crippen molar-refractivity contribution in [3.8, 4) is 0 Å². The molecule has 9 heteroatoms. The van der Waals surface area contributed by atoms with Crippen LogP contribution in [0, 0.1) is 0 Å². The van der Waals surface area contributed by atoms with Gasteiger partial charge in [0.15, 0.2) is 0 Å². The molecule has 3 N–H and O–H groups in total. The topological polar surface area (TPSA) is 80.5 Å². The Morgan fingerprint density at radius 2 is 2.19 bits per heavy atom. The van der Waals surface area contributed by atoms with Crippen LogP contribution in [-0.2, 0) is 11.3 Å². The first kappa shape index (κ1) is 22.8. The van der Waals surface area contributed by atoms with Crippen LogP contribution in [0.15, 0.2) is 5.38 Å². The van der Waals surface area contributed by atoms with Crippen molar-refractivity contribution >= 4 is 42.1 Å². The Labute approximate surface area is 142 Å². The Morgan fingerprint density at radius 3 is 2.76 bits per heavy atom. The van der Waals surface area contributed by atoms with Gasteiger partial charge in [0.25, 0.3) is 5.91 Å². The van der Waals surface area contributed by atoms with E-state index < -0.39 is 0 Å². The number of methoxy groups -OCH3 is 1. The fourth-order valence-electron chi connectivity index (χ4n) is 1.51. The fraction of sp³-hybridized carbons (Fsp3) is 0.667. The molecule has 0 radical (unpaired) electrons. The molecule has 1 heterocycles. The molecule has 0 atom stereocenters. The second-order valence-electron chi connectivity index (χ2n) is 4.24. The molecule has 0 saturated heterocycles. The second-order valence-corrected chi connectivity index (χ2v) is 5.18. The number of nitrogens with zero attached hydrogens (tertiary/aromatic N) is 2. The van der Waals surface area contributed by atoms with Gasteiger partial charge in [-0.2, -0.15) is 0 Å². The van der Waals surface area contributed by atoms with E-state index in [-0.39, 0.29) is 30.7 Å². The first-order chi connectivity index (χ1) is 9.17. The molecule has 0 spiro atoms. The molecule has 0 aliphatic rings. The van der Waals surface area contributed by atoms with Crippen LogP contribution in [0.2, 0.25) is 0 Å². The van der Waals surface area contributed by atoms with Gasteiger partial charge in [-0.25, -0.2) is 4.98 Å². The van der Waals surface area contributed by atoms with Crippen LogP contribution in [0.5, 0.6) is 0 Å². The first-order valence-electron chi connectivity index (χ1n) is 6.27. The number of halogens is 2. The van der Waals surface area contributed by atoms with E-state index in [9.17, 15) is 4.79 Å². The molecule has 124 valence electrons. The molecule has 0 aliphatic heterocycles. The molecule has 21 heavy (non-hydrogen) atoms. The number of aromatic nitrogens is 1. The van der Waals surface area contributed by atoms with Gasteiger partial charge in [0.05, 0.1) is 6.61 Å². The predicted molar refractivity (Wildman–Crippen MR) is 90.8 cm³/mol. The highest BCUT2D eigenvalue weighted by atomic mass is 35.5. The summed E-state index contributed by atoms with van der Waals surface area (Å²) in [6.07, 6.45) is 0.903. The van der Waals surface area contributed by atoms with Gasteiger partial charge in [-0.05, 0) is 20.0 Å². The number of likely N-dealkylation sites (N-methyl/N-ethyl adjacent to an activating group) is 1. The third-order valence-corrected chi connectivity index (χ3v) is 3.51. The number of hydrogen-bond donors (Lipinski definition) is 2. The van der Waals surface area contributed by atoms with Crippen molar-refractivity contribution in [3.05, 3.63) is 16.1 Å². The van der Waals surface area contributed by atoms with Crippen LogP contribution in [0.4, 0.5) is 0 Å². The van der Waals surface area contributed by atoms with E-state index >= 15 is 0 Å². The Kier molecular flexibility index (Phi) is 14.4. The molecule has 0 unspecified atom stereocenters. The summed E-state index contributed by atoms with van der Waals surface area (Å²) in [7, 11) is 3.73. The fourth-order valence-corrected chi connectivity index (χ4v) is 2.16. The van der Waals surface area contributed by atoms with Gasteiger partial charge in [0, 0.05) is 32.1 Å². The third-order valence-electron chi connectivity index (χ3n) is 2.64. The van der Waals surface area contributed by atoms with E-state index in [1.54, 1.807) is 12.5 Å². The van der Waals surface area contributed by atoms with Crippen LogP contribution in [-0.4, -0.2) is 56.2 Å². The lowest BCUT2D eigenvalue weighted by Gasteiger charge is -2.15. The monoisotopic (exact) mass is 358 g/mol. The zero-order valence-electron chi connectivity index (χ0n) is 12.3. The quantitative estimate of drug-likeness (QED) is 0.647. The molecular formula is C12H24Cl2N4O2S. The highest BCUT2D eigenvalue weighted by Gasteiger charge is 2.09. The van der Waals surface area contributed by atoms with Gasteiger partial charge >= 0.3 is 0 Å². The van der Waals surface area contributed by atoms with Gasteiger partial charge in [-0.15, -0.1) is 36.2 Å². The molecule has 0 saturated carbocycles. The summed E-state index contributed by atoms with van der Waals surface area (Å²) in [5.41, 5.74) is 5.92. The first-order valence-corrected chi connectivity index (χ1v) is 7.15. The molecule has 0 aromatic carbocycles. The summed E-state index contributed by atoms with van der Waals surface area (Å²) < 4.78 is 5.00. The van der Waals surface area contributed by atoms with E-state index in [0.717, 1.165) is 31.1 Å². The summed E-state index contributed by atoms with van der Waals surface area (Å²) in [6, 6.07) is 0. The number of ether oxygens (including phenoxy) is 1. The van der Waals surface area contributed by atoms with Crippen molar-refractivity contribution in [2.45, 2.75) is 13.0 Å². The van der Waals surface area contributed by atoms with Crippen molar-refractivity contribution in [1.82, 2.24) is 15.2 Å². The number of rotatable bonds is 9. The number of carbonyl (C=O) groups is 1. The van der Waals surface area contributed by atoms with Crippen molar-refractivity contribution in [2.24, 2.45) is 5.73 Å². The van der Waals surface area contributed by atoms with Crippen molar-refractivity contribution in [3.63, 3.8) is 0 Å². The average Bonchev–Trinajstić information content (AvgIpc) is 2.90. The zero-order chi connectivity index (χ0) is 14.1. The number of nitrogens with one attached hydrogen (secondary N) is 1. The normalized spacial score (nSPS) is 9.90. The Bertz CT molecular complexity index is 393. The number of thiazole rings is 1. The summed E-state index contributed by atoms with van der Waals surface area (Å²) in [6.45, 7) is 3.57. The van der Waals surface area contributed by atoms with Crippen LogP contribution in [0.1, 0.15) is 21.9 Å². The molecule has 1 aromatic rings. The Hall–Kier alpha value is -0.440. The molecule has 1 rings (SSSR count). The number of carbonyl (C=O) groups excluding carboxylic acids is 1. The van der Waals surface area contributed by atoms with E-state index in [2.05, 4.69) is 15.2 Å². The largest absolute Gasteiger partial charge is 0.383 e. The van der Waals surface area contributed by atoms with E-state index in [1.165, 1.54) is 11.3 Å². The summed E-state index contributed by atoms with van der Waals surface area (Å²) in [5, 5.41) is 5.37. The van der Waals surface area contributed by atoms with Crippen molar-refractivity contribution in [1.29, 1.82) is 0 Å². The minimum atomic E-state index is -0.129. The third kappa shape index (κ3) is 9.23. The SMILES string of the molecule is COCCN(C)CCCNC(=O)c1csc(CN)n1.Cl.Cl. The molecule has 0 aliphatic carbocycles. The number of amides is 1. The zero-order valence-corrected chi connectivity index (χ0v) is 14.8.